The molecule has 3 heterocycles. The molecule has 0 saturated carbocycles. The number of carbonyl (C=O) groups is 2. The van der Waals surface area contributed by atoms with Crippen LogP contribution >= 0.6 is 0 Å². The van der Waals surface area contributed by atoms with Gasteiger partial charge in [0.15, 0.2) is 0 Å². The minimum absolute atomic E-state index is 0.0174. The molecule has 182 valence electrons. The van der Waals surface area contributed by atoms with Gasteiger partial charge in [-0.05, 0) is 55.7 Å². The number of carbonyl (C=O) groups excluding carboxylic acids is 2. The van der Waals surface area contributed by atoms with Gasteiger partial charge < -0.3 is 16.0 Å². The fourth-order valence-corrected chi connectivity index (χ4v) is 4.80. The number of nitrogens with zero attached hydrogens (tertiary/aromatic N) is 4. The van der Waals surface area contributed by atoms with Crippen LogP contribution in [-0.2, 0) is 4.79 Å². The first kappa shape index (κ1) is 23.3. The van der Waals surface area contributed by atoms with Gasteiger partial charge in [-0.2, -0.15) is 5.10 Å². The van der Waals surface area contributed by atoms with Gasteiger partial charge in [0.25, 0.3) is 5.91 Å². The number of aromatic nitrogens is 3. The van der Waals surface area contributed by atoms with Crippen molar-refractivity contribution in [3.8, 4) is 11.3 Å². The monoisotopic (exact) mass is 480 g/mol. The maximum atomic E-state index is 12.5. The topological polar surface area (TPSA) is 106 Å². The van der Waals surface area contributed by atoms with Crippen LogP contribution in [0.15, 0.2) is 73.4 Å². The third kappa shape index (κ3) is 4.33. The quantitative estimate of drug-likeness (QED) is 0.407. The van der Waals surface area contributed by atoms with Gasteiger partial charge in [-0.1, -0.05) is 36.9 Å². The first-order valence-corrected chi connectivity index (χ1v) is 12.0. The lowest BCUT2D eigenvalue weighted by molar-refractivity contribution is -0.127. The van der Waals surface area contributed by atoms with Gasteiger partial charge in [-0.25, -0.2) is 4.98 Å². The maximum absolute atomic E-state index is 12.5. The Bertz CT molecular complexity index is 1440. The first-order valence-electron chi connectivity index (χ1n) is 12.0. The van der Waals surface area contributed by atoms with Gasteiger partial charge in [0, 0.05) is 36.1 Å². The van der Waals surface area contributed by atoms with E-state index in [-0.39, 0.29) is 17.9 Å². The number of aryl methyl sites for hydroxylation is 1. The zero-order valence-corrected chi connectivity index (χ0v) is 20.1. The Balaban J connectivity index is 1.50. The molecule has 1 aliphatic rings. The average molecular weight is 481 g/mol. The standard InChI is InChI=1S/C28H28N6O2/c1-3-23(35)33-15-7-10-22(17-33)34-26-18(2)16-30-27(29)24(26)25(32-34)19-11-13-21(14-12-19)31-28(36)20-8-5-4-6-9-20/h3-6,8-9,11-14,16,22H,1,7,10,15,17H2,2H3,(H2,29,30)(H,31,36). The maximum Gasteiger partial charge on any atom is 0.255 e. The Morgan fingerprint density at radius 2 is 1.89 bits per heavy atom. The molecule has 0 aliphatic carbocycles. The molecule has 0 spiro atoms. The molecule has 0 radical (unpaired) electrons. The molecule has 2 aromatic heterocycles. The van der Waals surface area contributed by atoms with Crippen molar-refractivity contribution in [3.63, 3.8) is 0 Å². The summed E-state index contributed by atoms with van der Waals surface area (Å²) in [6.07, 6.45) is 4.91. The van der Waals surface area contributed by atoms with Gasteiger partial charge in [0.1, 0.15) is 11.5 Å². The minimum atomic E-state index is -0.168. The number of nitrogen functional groups attached to an aromatic ring is 1. The molecule has 1 unspecified atom stereocenters. The lowest BCUT2D eigenvalue weighted by Gasteiger charge is -2.32. The average Bonchev–Trinajstić information content (AvgIpc) is 3.33. The SMILES string of the molecule is C=CC(=O)N1CCCC(n2nc(-c3ccc(NC(=O)c4ccccc4)cc3)c3c(N)ncc(C)c32)C1. The molecule has 2 amide bonds. The molecule has 36 heavy (non-hydrogen) atoms. The fourth-order valence-electron chi connectivity index (χ4n) is 4.80. The third-order valence-electron chi connectivity index (χ3n) is 6.62. The van der Waals surface area contributed by atoms with E-state index in [0.29, 0.717) is 30.2 Å². The number of nitrogens with one attached hydrogen (secondary N) is 1. The van der Waals surface area contributed by atoms with E-state index in [1.807, 2.05) is 59.0 Å². The number of nitrogens with two attached hydrogens (primary N) is 1. The van der Waals surface area contributed by atoms with Crippen molar-refractivity contribution in [1.29, 1.82) is 0 Å². The second-order valence-electron chi connectivity index (χ2n) is 9.03. The van der Waals surface area contributed by atoms with Crippen molar-refractivity contribution in [2.24, 2.45) is 0 Å². The Morgan fingerprint density at radius 1 is 1.14 bits per heavy atom. The summed E-state index contributed by atoms with van der Waals surface area (Å²) in [5.41, 5.74) is 11.1. The van der Waals surface area contributed by atoms with Crippen LogP contribution in [-0.4, -0.2) is 44.6 Å². The van der Waals surface area contributed by atoms with Crippen molar-refractivity contribution in [3.05, 3.63) is 84.6 Å². The second kappa shape index (κ2) is 9.65. The van der Waals surface area contributed by atoms with Crippen LogP contribution in [0, 0.1) is 6.92 Å². The van der Waals surface area contributed by atoms with Crippen LogP contribution in [0.2, 0.25) is 0 Å². The van der Waals surface area contributed by atoms with Crippen LogP contribution in [0.3, 0.4) is 0 Å². The minimum Gasteiger partial charge on any atom is -0.383 e. The molecule has 1 atom stereocenters. The molecule has 0 bridgehead atoms. The fraction of sp³-hybridized carbons (Fsp3) is 0.214. The zero-order valence-electron chi connectivity index (χ0n) is 20.1. The molecule has 1 fully saturated rings. The van der Waals surface area contributed by atoms with E-state index in [1.165, 1.54) is 6.08 Å². The van der Waals surface area contributed by atoms with E-state index >= 15 is 0 Å². The van der Waals surface area contributed by atoms with E-state index in [1.54, 1.807) is 18.3 Å². The number of rotatable bonds is 5. The molecule has 8 heteroatoms. The number of piperidine rings is 1. The van der Waals surface area contributed by atoms with E-state index in [4.69, 9.17) is 10.8 Å². The van der Waals surface area contributed by atoms with Crippen LogP contribution in [0.4, 0.5) is 11.5 Å². The smallest absolute Gasteiger partial charge is 0.255 e. The number of anilines is 2. The third-order valence-corrected chi connectivity index (χ3v) is 6.62. The summed E-state index contributed by atoms with van der Waals surface area (Å²) in [4.78, 5) is 31.0. The number of fused-ring (bicyclic) bond motifs is 1. The summed E-state index contributed by atoms with van der Waals surface area (Å²) >= 11 is 0. The number of pyridine rings is 1. The number of hydrogen-bond donors (Lipinski definition) is 2. The van der Waals surface area contributed by atoms with Crippen molar-refractivity contribution in [1.82, 2.24) is 19.7 Å². The summed E-state index contributed by atoms with van der Waals surface area (Å²) in [6, 6.07) is 16.6. The van der Waals surface area contributed by atoms with Crippen LogP contribution < -0.4 is 11.1 Å². The lowest BCUT2D eigenvalue weighted by Crippen LogP contribution is -2.40. The predicted molar refractivity (Wildman–Crippen MR) is 142 cm³/mol. The van der Waals surface area contributed by atoms with Crippen molar-refractivity contribution >= 4 is 34.2 Å². The molecule has 1 saturated heterocycles. The first-order chi connectivity index (χ1) is 17.5. The summed E-state index contributed by atoms with van der Waals surface area (Å²) < 4.78 is 2.01. The van der Waals surface area contributed by atoms with Crippen LogP contribution in [0.5, 0.6) is 0 Å². The zero-order chi connectivity index (χ0) is 25.2. The molecule has 3 N–H and O–H groups in total. The van der Waals surface area contributed by atoms with E-state index in [0.717, 1.165) is 40.6 Å². The van der Waals surface area contributed by atoms with Gasteiger partial charge in [-0.15, -0.1) is 0 Å². The number of amides is 2. The number of likely N-dealkylation sites (tertiary alicyclic amines) is 1. The lowest BCUT2D eigenvalue weighted by atomic mass is 10.0. The van der Waals surface area contributed by atoms with Crippen LogP contribution in [0.25, 0.3) is 22.2 Å². The summed E-state index contributed by atoms with van der Waals surface area (Å²) in [6.45, 7) is 6.90. The second-order valence-corrected chi connectivity index (χ2v) is 9.03. The highest BCUT2D eigenvalue weighted by atomic mass is 16.2. The molecular weight excluding hydrogens is 452 g/mol. The number of hydrogen-bond acceptors (Lipinski definition) is 5. The largest absolute Gasteiger partial charge is 0.383 e. The molecular formula is C28H28N6O2. The Morgan fingerprint density at radius 3 is 2.61 bits per heavy atom. The van der Waals surface area contributed by atoms with E-state index in [2.05, 4.69) is 16.9 Å². The van der Waals surface area contributed by atoms with Crippen molar-refractivity contribution < 1.29 is 9.59 Å². The van der Waals surface area contributed by atoms with E-state index in [9.17, 15) is 9.59 Å². The Labute approximate surface area is 209 Å². The van der Waals surface area contributed by atoms with Crippen molar-refractivity contribution in [2.45, 2.75) is 25.8 Å². The number of benzene rings is 2. The predicted octanol–water partition coefficient (Wildman–Crippen LogP) is 4.59. The highest BCUT2D eigenvalue weighted by molar-refractivity contribution is 6.05. The molecule has 4 aromatic rings. The molecule has 5 rings (SSSR count). The van der Waals surface area contributed by atoms with Gasteiger partial charge in [0.2, 0.25) is 5.91 Å². The summed E-state index contributed by atoms with van der Waals surface area (Å²) in [5, 5.41) is 8.73. The van der Waals surface area contributed by atoms with Gasteiger partial charge in [0.05, 0.1) is 16.9 Å². The molecule has 8 nitrogen and oxygen atoms in total. The van der Waals surface area contributed by atoms with Gasteiger partial charge in [-0.3, -0.25) is 14.3 Å². The Kier molecular flexibility index (Phi) is 6.25. The normalized spacial score (nSPS) is 15.6. The molecule has 2 aromatic carbocycles. The highest BCUT2D eigenvalue weighted by Crippen LogP contribution is 2.36. The van der Waals surface area contributed by atoms with Crippen molar-refractivity contribution in [2.75, 3.05) is 24.1 Å². The summed E-state index contributed by atoms with van der Waals surface area (Å²) in [5.74, 6) is 0.175. The van der Waals surface area contributed by atoms with Crippen LogP contribution in [0.1, 0.15) is 34.8 Å². The molecule has 1 aliphatic heterocycles. The van der Waals surface area contributed by atoms with E-state index < -0.39 is 0 Å². The Hall–Kier alpha value is -4.46. The van der Waals surface area contributed by atoms with Gasteiger partial charge >= 0.3 is 0 Å². The highest BCUT2D eigenvalue weighted by Gasteiger charge is 2.28. The summed E-state index contributed by atoms with van der Waals surface area (Å²) in [7, 11) is 0.